The number of likely N-dealkylation sites (tertiary alicyclic amines) is 1. The van der Waals surface area contributed by atoms with E-state index in [0.717, 1.165) is 55.8 Å². The van der Waals surface area contributed by atoms with E-state index in [9.17, 15) is 0 Å². The molecular weight excluding hydrogens is 348 g/mol. The predicted molar refractivity (Wildman–Crippen MR) is 118 cm³/mol. The number of hydrogen-bond acceptors (Lipinski definition) is 3. The third-order valence-corrected chi connectivity index (χ3v) is 5.68. The van der Waals surface area contributed by atoms with Crippen molar-refractivity contribution in [3.8, 4) is 0 Å². The smallest absolute Gasteiger partial charge is 0.191 e. The fourth-order valence-corrected chi connectivity index (χ4v) is 3.99. The molecule has 3 rings (SSSR count). The molecule has 1 aromatic carbocycles. The normalized spacial score (nSPS) is 16.6. The zero-order chi connectivity index (χ0) is 19.8. The molecule has 1 aromatic heterocycles. The lowest BCUT2D eigenvalue weighted by atomic mass is 9.94. The Labute approximate surface area is 169 Å². The third-order valence-electron chi connectivity index (χ3n) is 5.68. The zero-order valence-electron chi connectivity index (χ0n) is 17.7. The van der Waals surface area contributed by atoms with E-state index in [2.05, 4.69) is 64.2 Å². The van der Waals surface area contributed by atoms with Gasteiger partial charge >= 0.3 is 0 Å². The first-order valence-electron chi connectivity index (χ1n) is 10.8. The maximum Gasteiger partial charge on any atom is 0.191 e. The van der Waals surface area contributed by atoms with Gasteiger partial charge in [-0.2, -0.15) is 0 Å². The summed E-state index contributed by atoms with van der Waals surface area (Å²) in [5.74, 6) is 2.88. The maximum atomic E-state index is 4.77. The van der Waals surface area contributed by atoms with Crippen molar-refractivity contribution in [2.75, 3.05) is 39.8 Å². The molecule has 28 heavy (non-hydrogen) atoms. The lowest BCUT2D eigenvalue weighted by Crippen LogP contribution is -2.39. The molecule has 2 N–H and O–H groups in total. The number of nitrogens with one attached hydrogen (secondary N) is 2. The highest BCUT2D eigenvalue weighted by molar-refractivity contribution is 5.79. The van der Waals surface area contributed by atoms with Crippen molar-refractivity contribution in [1.82, 2.24) is 25.1 Å². The van der Waals surface area contributed by atoms with Gasteiger partial charge in [0.15, 0.2) is 5.96 Å². The molecule has 6 nitrogen and oxygen atoms in total. The highest BCUT2D eigenvalue weighted by Crippen LogP contribution is 2.18. The van der Waals surface area contributed by atoms with Gasteiger partial charge in [-0.05, 0) is 77.7 Å². The van der Waals surface area contributed by atoms with E-state index < -0.39 is 0 Å². The van der Waals surface area contributed by atoms with E-state index in [1.165, 1.54) is 37.9 Å². The van der Waals surface area contributed by atoms with E-state index >= 15 is 0 Å². The molecule has 1 aliphatic rings. The van der Waals surface area contributed by atoms with Crippen LogP contribution in [0.4, 0.5) is 0 Å². The molecule has 0 amide bonds. The summed E-state index contributed by atoms with van der Waals surface area (Å²) in [7, 11) is 2.22. The van der Waals surface area contributed by atoms with Gasteiger partial charge in [0.05, 0.1) is 11.0 Å². The fraction of sp³-hybridized carbons (Fsp3) is 0.636. The molecule has 0 atom stereocenters. The van der Waals surface area contributed by atoms with Crippen LogP contribution < -0.4 is 10.6 Å². The van der Waals surface area contributed by atoms with Crippen molar-refractivity contribution in [2.24, 2.45) is 10.9 Å². The summed E-state index contributed by atoms with van der Waals surface area (Å²) in [5.41, 5.74) is 2.29. The summed E-state index contributed by atoms with van der Waals surface area (Å²) >= 11 is 0. The highest BCUT2D eigenvalue weighted by atomic mass is 15.2. The Morgan fingerprint density at radius 3 is 2.79 bits per heavy atom. The maximum absolute atomic E-state index is 4.77. The Morgan fingerprint density at radius 2 is 2.00 bits per heavy atom. The van der Waals surface area contributed by atoms with Gasteiger partial charge in [-0.3, -0.25) is 4.99 Å². The average molecular weight is 385 g/mol. The first-order chi connectivity index (χ1) is 13.7. The van der Waals surface area contributed by atoms with Crippen molar-refractivity contribution in [1.29, 1.82) is 0 Å². The van der Waals surface area contributed by atoms with Crippen molar-refractivity contribution < 1.29 is 0 Å². The fourth-order valence-electron chi connectivity index (χ4n) is 3.99. The van der Waals surface area contributed by atoms with Crippen molar-refractivity contribution >= 4 is 17.0 Å². The largest absolute Gasteiger partial charge is 0.357 e. The van der Waals surface area contributed by atoms with Crippen LogP contribution in [0.3, 0.4) is 0 Å². The minimum Gasteiger partial charge on any atom is -0.357 e. The SMILES string of the molecule is CCNC(=NCCCn1c(C)nc2ccccc21)NCCC1CCN(C)CC1. The summed E-state index contributed by atoms with van der Waals surface area (Å²) in [5, 5.41) is 6.89. The van der Waals surface area contributed by atoms with Gasteiger partial charge in [0, 0.05) is 26.2 Å². The van der Waals surface area contributed by atoms with Crippen LogP contribution >= 0.6 is 0 Å². The number of guanidine groups is 1. The number of imidazole rings is 1. The number of hydrogen-bond donors (Lipinski definition) is 2. The Kier molecular flexibility index (Phi) is 7.71. The van der Waals surface area contributed by atoms with Crippen LogP contribution in [0.15, 0.2) is 29.3 Å². The topological polar surface area (TPSA) is 57.5 Å². The molecule has 2 aromatic rings. The van der Waals surface area contributed by atoms with Crippen LogP contribution in [0, 0.1) is 12.8 Å². The number of aliphatic imine (C=N–C) groups is 1. The summed E-state index contributed by atoms with van der Waals surface area (Å²) in [6.45, 7) is 10.3. The van der Waals surface area contributed by atoms with Gasteiger partial charge in [0.1, 0.15) is 5.82 Å². The molecule has 0 spiro atoms. The van der Waals surface area contributed by atoms with Crippen LogP contribution in [0.2, 0.25) is 0 Å². The van der Waals surface area contributed by atoms with E-state index in [-0.39, 0.29) is 0 Å². The summed E-state index contributed by atoms with van der Waals surface area (Å²) in [6, 6.07) is 8.35. The molecule has 6 heteroatoms. The highest BCUT2D eigenvalue weighted by Gasteiger charge is 2.16. The second kappa shape index (κ2) is 10.5. The van der Waals surface area contributed by atoms with Crippen LogP contribution in [0.25, 0.3) is 11.0 Å². The van der Waals surface area contributed by atoms with Crippen LogP contribution in [-0.2, 0) is 6.54 Å². The molecule has 0 radical (unpaired) electrons. The van der Waals surface area contributed by atoms with Gasteiger partial charge in [-0.1, -0.05) is 12.1 Å². The average Bonchev–Trinajstić information content (AvgIpc) is 3.02. The third kappa shape index (κ3) is 5.71. The first-order valence-corrected chi connectivity index (χ1v) is 10.8. The molecule has 0 bridgehead atoms. The van der Waals surface area contributed by atoms with E-state index in [1.54, 1.807) is 0 Å². The van der Waals surface area contributed by atoms with Crippen LogP contribution in [0.1, 0.15) is 38.4 Å². The standard InChI is InChI=1S/C22H36N6/c1-4-23-22(25-14-10-19-11-16-27(3)17-12-19)24-13-7-15-28-18(2)26-20-8-5-6-9-21(20)28/h5-6,8-9,19H,4,7,10-17H2,1-3H3,(H2,23,24,25). The second-order valence-electron chi connectivity index (χ2n) is 7.88. The summed E-state index contributed by atoms with van der Waals surface area (Å²) in [4.78, 5) is 11.8. The van der Waals surface area contributed by atoms with E-state index in [4.69, 9.17) is 4.99 Å². The summed E-state index contributed by atoms with van der Waals surface area (Å²) < 4.78 is 2.30. The number of nitrogens with zero attached hydrogens (tertiary/aromatic N) is 4. The van der Waals surface area contributed by atoms with Gasteiger partial charge in [0.2, 0.25) is 0 Å². The lowest BCUT2D eigenvalue weighted by molar-refractivity contribution is 0.213. The van der Waals surface area contributed by atoms with Crippen molar-refractivity contribution in [3.63, 3.8) is 0 Å². The van der Waals surface area contributed by atoms with Gasteiger partial charge in [-0.15, -0.1) is 0 Å². The zero-order valence-corrected chi connectivity index (χ0v) is 17.7. The number of benzene rings is 1. The number of rotatable bonds is 8. The molecule has 0 aliphatic carbocycles. The number of piperidine rings is 1. The predicted octanol–water partition coefficient (Wildman–Crippen LogP) is 3.02. The molecule has 154 valence electrons. The molecule has 0 unspecified atom stereocenters. The Hall–Kier alpha value is -2.08. The van der Waals surface area contributed by atoms with Crippen LogP contribution in [-0.4, -0.2) is 60.2 Å². The molecule has 1 aliphatic heterocycles. The molecule has 2 heterocycles. The second-order valence-corrected chi connectivity index (χ2v) is 7.88. The van der Waals surface area contributed by atoms with E-state index in [1.807, 2.05) is 6.07 Å². The number of para-hydroxylation sites is 2. The minimum absolute atomic E-state index is 0.815. The number of aryl methyl sites for hydroxylation is 2. The van der Waals surface area contributed by atoms with Crippen molar-refractivity contribution in [2.45, 2.75) is 46.1 Å². The molecule has 0 saturated carbocycles. The van der Waals surface area contributed by atoms with Gasteiger partial charge in [0.25, 0.3) is 0 Å². The van der Waals surface area contributed by atoms with Gasteiger partial charge < -0.3 is 20.1 Å². The van der Waals surface area contributed by atoms with Crippen molar-refractivity contribution in [3.05, 3.63) is 30.1 Å². The minimum atomic E-state index is 0.815. The number of aromatic nitrogens is 2. The monoisotopic (exact) mass is 384 g/mol. The molecular formula is C22H36N6. The molecule has 1 fully saturated rings. The summed E-state index contributed by atoms with van der Waals surface area (Å²) in [6.07, 6.45) is 4.89. The van der Waals surface area contributed by atoms with Crippen LogP contribution in [0.5, 0.6) is 0 Å². The lowest BCUT2D eigenvalue weighted by Gasteiger charge is -2.29. The quantitative estimate of drug-likeness (QED) is 0.417. The molecule has 1 saturated heterocycles. The number of fused-ring (bicyclic) bond motifs is 1. The first kappa shape index (κ1) is 20.6. The van der Waals surface area contributed by atoms with Gasteiger partial charge in [-0.25, -0.2) is 4.98 Å². The Bertz CT molecular complexity index is 757. The Balaban J connectivity index is 1.44. The van der Waals surface area contributed by atoms with E-state index in [0.29, 0.717) is 0 Å². The Morgan fingerprint density at radius 1 is 1.21 bits per heavy atom.